The number of pyridine rings is 1. The smallest absolute Gasteiger partial charge is 0.182 e. The third-order valence-corrected chi connectivity index (χ3v) is 10.2. The molecular formula is C38H31N3OS2. The average Bonchev–Trinajstić information content (AvgIpc) is 3.77. The van der Waals surface area contributed by atoms with Crippen LogP contribution in [0.2, 0.25) is 0 Å². The number of rotatable bonds is 5. The van der Waals surface area contributed by atoms with Gasteiger partial charge >= 0.3 is 0 Å². The predicted octanol–water partition coefficient (Wildman–Crippen LogP) is 11.5. The van der Waals surface area contributed by atoms with Crippen LogP contribution in [0.15, 0.2) is 121 Å². The van der Waals surface area contributed by atoms with Crippen LogP contribution < -0.4 is 14.5 Å². The van der Waals surface area contributed by atoms with E-state index in [2.05, 4.69) is 139 Å². The molecule has 44 heavy (non-hydrogen) atoms. The van der Waals surface area contributed by atoms with Gasteiger partial charge in [0.1, 0.15) is 12.4 Å². The summed E-state index contributed by atoms with van der Waals surface area (Å²) in [6.07, 6.45) is 1.94. The van der Waals surface area contributed by atoms with E-state index in [0.29, 0.717) is 0 Å². The minimum atomic E-state index is 0.0437. The molecule has 0 saturated carbocycles. The molecule has 7 aromatic rings. The molecule has 0 amide bonds. The maximum atomic E-state index is 6.60. The van der Waals surface area contributed by atoms with E-state index in [-0.39, 0.29) is 5.41 Å². The first kappa shape index (κ1) is 26.9. The minimum Gasteiger partial charge on any atom is -0.447 e. The quantitative estimate of drug-likeness (QED) is 0.194. The van der Waals surface area contributed by atoms with Crippen molar-refractivity contribution in [2.24, 2.45) is 0 Å². The van der Waals surface area contributed by atoms with Crippen LogP contribution in [0, 0.1) is 0 Å². The summed E-state index contributed by atoms with van der Waals surface area (Å²) < 4.78 is 9.06. The van der Waals surface area contributed by atoms with Crippen LogP contribution >= 0.6 is 22.7 Å². The van der Waals surface area contributed by atoms with Crippen LogP contribution in [0.1, 0.15) is 26.3 Å². The van der Waals surface area contributed by atoms with Crippen molar-refractivity contribution in [1.82, 2.24) is 4.98 Å². The zero-order valence-corrected chi connectivity index (χ0v) is 26.5. The number of fused-ring (bicyclic) bond motifs is 3. The molecule has 1 aliphatic rings. The Morgan fingerprint density at radius 1 is 0.750 bits per heavy atom. The van der Waals surface area contributed by atoms with Gasteiger partial charge in [0.15, 0.2) is 5.06 Å². The number of hydrogen-bond acceptors (Lipinski definition) is 6. The molecule has 0 bridgehead atoms. The van der Waals surface area contributed by atoms with E-state index in [4.69, 9.17) is 9.72 Å². The number of anilines is 4. The Kier molecular flexibility index (Phi) is 6.43. The molecule has 0 N–H and O–H groups in total. The Hall–Kier alpha value is -4.65. The van der Waals surface area contributed by atoms with E-state index < -0.39 is 0 Å². The SMILES string of the molecule is CC(C)(C)c1ccnc(-c2c3cc(Oc4cccc(N5CN(c6ccccc6)c6ccccc65)c4)sc3cc3ccsc23)c1. The van der Waals surface area contributed by atoms with Gasteiger partial charge in [0.05, 0.1) is 17.1 Å². The molecule has 0 radical (unpaired) electrons. The molecule has 0 spiro atoms. The fourth-order valence-corrected chi connectivity index (χ4v) is 7.95. The van der Waals surface area contributed by atoms with Gasteiger partial charge in [0, 0.05) is 50.1 Å². The van der Waals surface area contributed by atoms with E-state index in [1.165, 1.54) is 48.4 Å². The minimum absolute atomic E-state index is 0.0437. The van der Waals surface area contributed by atoms with Gasteiger partial charge < -0.3 is 14.5 Å². The van der Waals surface area contributed by atoms with Gasteiger partial charge in [-0.05, 0) is 82.4 Å². The lowest BCUT2D eigenvalue weighted by Crippen LogP contribution is -2.23. The van der Waals surface area contributed by atoms with Crippen molar-refractivity contribution >= 4 is 65.6 Å². The van der Waals surface area contributed by atoms with Crippen molar-refractivity contribution in [2.75, 3.05) is 16.5 Å². The zero-order valence-electron chi connectivity index (χ0n) is 24.8. The summed E-state index contributed by atoms with van der Waals surface area (Å²) in [4.78, 5) is 9.56. The number of para-hydroxylation sites is 3. The van der Waals surface area contributed by atoms with Crippen LogP contribution in [0.5, 0.6) is 10.8 Å². The van der Waals surface area contributed by atoms with Crippen molar-refractivity contribution < 1.29 is 4.74 Å². The third-order valence-electron chi connectivity index (χ3n) is 8.26. The van der Waals surface area contributed by atoms with Crippen LogP contribution in [-0.4, -0.2) is 11.7 Å². The van der Waals surface area contributed by atoms with Gasteiger partial charge in [-0.15, -0.1) is 11.3 Å². The van der Waals surface area contributed by atoms with Crippen molar-refractivity contribution in [1.29, 1.82) is 0 Å². The summed E-state index contributed by atoms with van der Waals surface area (Å²) >= 11 is 3.46. The van der Waals surface area contributed by atoms with E-state index in [0.717, 1.165) is 28.9 Å². The first-order valence-electron chi connectivity index (χ1n) is 14.8. The molecule has 4 nitrogen and oxygen atoms in total. The zero-order chi connectivity index (χ0) is 29.8. The maximum Gasteiger partial charge on any atom is 0.182 e. The van der Waals surface area contributed by atoms with Gasteiger partial charge in [-0.25, -0.2) is 0 Å². The molecule has 4 aromatic carbocycles. The molecule has 0 atom stereocenters. The van der Waals surface area contributed by atoms with Crippen molar-refractivity contribution in [3.63, 3.8) is 0 Å². The van der Waals surface area contributed by atoms with Gasteiger partial charge in [-0.2, -0.15) is 0 Å². The molecule has 3 aromatic heterocycles. The Bertz CT molecular complexity index is 2140. The van der Waals surface area contributed by atoms with Gasteiger partial charge in [0.25, 0.3) is 0 Å². The molecule has 1 aliphatic heterocycles. The summed E-state index contributed by atoms with van der Waals surface area (Å²) in [6.45, 7) is 7.48. The second kappa shape index (κ2) is 10.5. The highest BCUT2D eigenvalue weighted by Crippen LogP contribution is 2.47. The van der Waals surface area contributed by atoms with Crippen LogP contribution in [0.25, 0.3) is 31.4 Å². The van der Waals surface area contributed by atoms with Gasteiger partial charge in [-0.1, -0.05) is 68.5 Å². The molecule has 216 valence electrons. The molecule has 0 unspecified atom stereocenters. The van der Waals surface area contributed by atoms with Crippen LogP contribution in [-0.2, 0) is 5.41 Å². The lowest BCUT2D eigenvalue weighted by Gasteiger charge is -2.22. The highest BCUT2D eigenvalue weighted by Gasteiger charge is 2.28. The Labute approximate surface area is 265 Å². The Morgan fingerprint density at radius 2 is 1.50 bits per heavy atom. The summed E-state index contributed by atoms with van der Waals surface area (Å²) in [7, 11) is 0. The first-order valence-corrected chi connectivity index (χ1v) is 16.5. The number of hydrogen-bond donors (Lipinski definition) is 0. The number of aromatic nitrogens is 1. The fourth-order valence-electron chi connectivity index (χ4n) is 6.02. The monoisotopic (exact) mass is 609 g/mol. The lowest BCUT2D eigenvalue weighted by molar-refractivity contribution is 0.497. The number of benzene rings is 4. The summed E-state index contributed by atoms with van der Waals surface area (Å²) in [5, 5.41) is 5.47. The first-order chi connectivity index (χ1) is 21.4. The highest BCUT2D eigenvalue weighted by atomic mass is 32.1. The normalized spacial score (nSPS) is 13.2. The lowest BCUT2D eigenvalue weighted by atomic mass is 9.86. The van der Waals surface area contributed by atoms with Crippen molar-refractivity contribution in [3.05, 3.63) is 126 Å². The van der Waals surface area contributed by atoms with Crippen LogP contribution in [0.4, 0.5) is 22.7 Å². The summed E-state index contributed by atoms with van der Waals surface area (Å²) in [6, 6.07) is 38.6. The largest absolute Gasteiger partial charge is 0.447 e. The average molecular weight is 610 g/mol. The summed E-state index contributed by atoms with van der Waals surface area (Å²) in [5.74, 6) is 0.820. The van der Waals surface area contributed by atoms with E-state index in [1.807, 2.05) is 12.3 Å². The predicted molar refractivity (Wildman–Crippen MR) is 188 cm³/mol. The second-order valence-corrected chi connectivity index (χ2v) is 14.1. The summed E-state index contributed by atoms with van der Waals surface area (Å²) in [5.41, 5.74) is 8.18. The molecule has 8 rings (SSSR count). The van der Waals surface area contributed by atoms with Crippen LogP contribution in [0.3, 0.4) is 0 Å². The third kappa shape index (κ3) is 4.71. The highest BCUT2D eigenvalue weighted by molar-refractivity contribution is 7.21. The molecule has 6 heteroatoms. The fraction of sp³-hybridized carbons (Fsp3) is 0.132. The van der Waals surface area contributed by atoms with E-state index in [9.17, 15) is 0 Å². The van der Waals surface area contributed by atoms with Gasteiger partial charge in [0.2, 0.25) is 0 Å². The molecule has 4 heterocycles. The Balaban J connectivity index is 1.15. The number of ether oxygens (including phenoxy) is 1. The molecule has 0 aliphatic carbocycles. The van der Waals surface area contributed by atoms with Crippen molar-refractivity contribution in [3.8, 4) is 22.1 Å². The second-order valence-electron chi connectivity index (χ2n) is 12.2. The molecule has 0 fully saturated rings. The van der Waals surface area contributed by atoms with E-state index >= 15 is 0 Å². The van der Waals surface area contributed by atoms with Gasteiger partial charge in [-0.3, -0.25) is 4.98 Å². The topological polar surface area (TPSA) is 28.6 Å². The van der Waals surface area contributed by atoms with E-state index in [1.54, 1.807) is 22.7 Å². The number of thiophene rings is 2. The number of nitrogens with zero attached hydrogens (tertiary/aromatic N) is 3. The van der Waals surface area contributed by atoms with Crippen molar-refractivity contribution in [2.45, 2.75) is 26.2 Å². The standard InChI is InChI=1S/C38H31N3OS2/c1-38(2,3)26-16-18-39-31(21-26)36-30-23-35(44-34(30)20-25-17-19-43-37(25)36)42-29-13-9-12-28(22-29)41-24-40(27-10-5-4-6-11-27)32-14-7-8-15-33(32)41/h4-23H,24H2,1-3H3. The maximum absolute atomic E-state index is 6.60. The molecule has 0 saturated heterocycles. The Morgan fingerprint density at radius 3 is 2.30 bits per heavy atom. The molecular weight excluding hydrogens is 579 g/mol.